The summed E-state index contributed by atoms with van der Waals surface area (Å²) >= 11 is 0. The molecule has 0 spiro atoms. The highest BCUT2D eigenvalue weighted by Gasteiger charge is 2.50. The number of fused-ring (bicyclic) bond motifs is 5. The standard InChI is InChI=1S/C22H18FN3O5/c1-2-22(31-18(27)8-24)15-7-17-19-12(5-11-6-13(23)3-4-16(11)25-19)9-26(17)20(28)14(15)10-30-21(22)29/h3-7H,2,8-10,24H2,1H3. The van der Waals surface area contributed by atoms with Gasteiger partial charge in [0.25, 0.3) is 5.56 Å². The molecule has 0 saturated carbocycles. The Labute approximate surface area is 175 Å². The molecule has 2 N–H and O–H groups in total. The van der Waals surface area contributed by atoms with E-state index < -0.39 is 24.1 Å². The number of rotatable bonds is 3. The van der Waals surface area contributed by atoms with Crippen LogP contribution in [0.15, 0.2) is 35.1 Å². The number of carbonyl (C=O) groups excluding carboxylic acids is 2. The summed E-state index contributed by atoms with van der Waals surface area (Å²) in [6.07, 6.45) is 0.0742. The second-order valence-electron chi connectivity index (χ2n) is 7.58. The minimum Gasteiger partial charge on any atom is -0.457 e. The molecule has 2 aromatic heterocycles. The lowest BCUT2D eigenvalue weighted by atomic mass is 9.85. The van der Waals surface area contributed by atoms with Gasteiger partial charge in [-0.2, -0.15) is 0 Å². The molecular formula is C22H18FN3O5. The minimum absolute atomic E-state index is 0.0742. The zero-order valence-electron chi connectivity index (χ0n) is 16.6. The first-order valence-electron chi connectivity index (χ1n) is 9.84. The van der Waals surface area contributed by atoms with Crippen molar-refractivity contribution in [3.63, 3.8) is 0 Å². The zero-order valence-corrected chi connectivity index (χ0v) is 16.6. The summed E-state index contributed by atoms with van der Waals surface area (Å²) in [4.78, 5) is 42.7. The maximum absolute atomic E-state index is 13.6. The van der Waals surface area contributed by atoms with Gasteiger partial charge < -0.3 is 19.8 Å². The van der Waals surface area contributed by atoms with Crippen LogP contribution in [0.1, 0.15) is 30.0 Å². The van der Waals surface area contributed by atoms with Gasteiger partial charge in [0.2, 0.25) is 5.60 Å². The predicted octanol–water partition coefficient (Wildman–Crippen LogP) is 1.73. The highest BCUT2D eigenvalue weighted by atomic mass is 19.1. The summed E-state index contributed by atoms with van der Waals surface area (Å²) in [5.41, 5.74) is 6.22. The van der Waals surface area contributed by atoms with E-state index in [0.717, 1.165) is 5.56 Å². The zero-order chi connectivity index (χ0) is 21.9. The number of hydrogen-bond acceptors (Lipinski definition) is 7. The number of pyridine rings is 2. The molecule has 0 aliphatic carbocycles. The average molecular weight is 423 g/mol. The second-order valence-corrected chi connectivity index (χ2v) is 7.58. The molecular weight excluding hydrogens is 405 g/mol. The first-order chi connectivity index (χ1) is 14.9. The Kier molecular flexibility index (Phi) is 4.19. The topological polar surface area (TPSA) is 114 Å². The lowest BCUT2D eigenvalue weighted by molar-refractivity contribution is -0.188. The highest BCUT2D eigenvalue weighted by molar-refractivity contribution is 5.88. The van der Waals surface area contributed by atoms with Crippen molar-refractivity contribution in [2.24, 2.45) is 5.73 Å². The lowest BCUT2D eigenvalue weighted by Gasteiger charge is -2.35. The number of hydrogen-bond donors (Lipinski definition) is 1. The van der Waals surface area contributed by atoms with Crippen LogP contribution >= 0.6 is 0 Å². The molecule has 0 fully saturated rings. The van der Waals surface area contributed by atoms with Gasteiger partial charge in [-0.3, -0.25) is 9.59 Å². The Morgan fingerprint density at radius 1 is 1.32 bits per heavy atom. The van der Waals surface area contributed by atoms with Gasteiger partial charge >= 0.3 is 11.9 Å². The summed E-state index contributed by atoms with van der Waals surface area (Å²) in [5.74, 6) is -1.89. The summed E-state index contributed by atoms with van der Waals surface area (Å²) in [5, 5.41) is 0.627. The molecule has 9 heteroatoms. The Hall–Kier alpha value is -3.59. The van der Waals surface area contributed by atoms with E-state index in [0.29, 0.717) is 22.3 Å². The fourth-order valence-electron chi connectivity index (χ4n) is 4.35. The quantitative estimate of drug-likeness (QED) is 0.499. The van der Waals surface area contributed by atoms with Crippen LogP contribution in [0.4, 0.5) is 4.39 Å². The number of benzene rings is 1. The highest BCUT2D eigenvalue weighted by Crippen LogP contribution is 2.40. The fourth-order valence-corrected chi connectivity index (χ4v) is 4.35. The van der Waals surface area contributed by atoms with Gasteiger partial charge in [0, 0.05) is 16.5 Å². The van der Waals surface area contributed by atoms with E-state index in [9.17, 15) is 18.8 Å². The molecule has 1 atom stereocenters. The van der Waals surface area contributed by atoms with Crippen LogP contribution in [0.5, 0.6) is 0 Å². The van der Waals surface area contributed by atoms with E-state index in [-0.39, 0.29) is 42.1 Å². The smallest absolute Gasteiger partial charge is 0.355 e. The van der Waals surface area contributed by atoms with E-state index in [1.54, 1.807) is 25.1 Å². The van der Waals surface area contributed by atoms with Crippen LogP contribution in [-0.2, 0) is 37.8 Å². The van der Waals surface area contributed by atoms with Crippen molar-refractivity contribution in [3.05, 3.63) is 63.2 Å². The third kappa shape index (κ3) is 2.70. The van der Waals surface area contributed by atoms with Crippen LogP contribution in [-0.4, -0.2) is 28.0 Å². The predicted molar refractivity (Wildman–Crippen MR) is 107 cm³/mol. The monoisotopic (exact) mass is 423 g/mol. The molecule has 0 radical (unpaired) electrons. The average Bonchev–Trinajstić information content (AvgIpc) is 3.12. The molecule has 5 rings (SSSR count). The SMILES string of the molecule is CCC1(OC(=O)CN)C(=O)OCc2c1cc1n(c2=O)Cc2cc3cc(F)ccc3nc2-1. The molecule has 8 nitrogen and oxygen atoms in total. The maximum atomic E-state index is 13.6. The van der Waals surface area contributed by atoms with Gasteiger partial charge in [0.05, 0.1) is 35.6 Å². The molecule has 158 valence electrons. The maximum Gasteiger partial charge on any atom is 0.355 e. The lowest BCUT2D eigenvalue weighted by Crippen LogP contribution is -2.48. The molecule has 2 aliphatic rings. The van der Waals surface area contributed by atoms with Gasteiger partial charge in [-0.1, -0.05) is 6.92 Å². The van der Waals surface area contributed by atoms with Crippen molar-refractivity contribution < 1.29 is 23.5 Å². The number of cyclic esters (lactones) is 1. The Morgan fingerprint density at radius 3 is 2.87 bits per heavy atom. The number of ether oxygens (including phenoxy) is 2. The number of halogens is 1. The minimum atomic E-state index is -1.75. The van der Waals surface area contributed by atoms with Crippen LogP contribution in [0, 0.1) is 5.82 Å². The van der Waals surface area contributed by atoms with Crippen molar-refractivity contribution >= 4 is 22.8 Å². The van der Waals surface area contributed by atoms with E-state index in [4.69, 9.17) is 15.2 Å². The van der Waals surface area contributed by atoms with E-state index in [2.05, 4.69) is 4.98 Å². The molecule has 31 heavy (non-hydrogen) atoms. The molecule has 1 unspecified atom stereocenters. The van der Waals surface area contributed by atoms with E-state index in [1.807, 2.05) is 0 Å². The number of aromatic nitrogens is 2. The fraction of sp³-hybridized carbons (Fsp3) is 0.273. The molecule has 1 aromatic carbocycles. The molecule has 3 aromatic rings. The molecule has 0 bridgehead atoms. The van der Waals surface area contributed by atoms with Gasteiger partial charge in [-0.25, -0.2) is 14.2 Å². The number of nitrogens with two attached hydrogens (primary N) is 1. The van der Waals surface area contributed by atoms with Crippen molar-refractivity contribution in [1.82, 2.24) is 9.55 Å². The van der Waals surface area contributed by atoms with Crippen molar-refractivity contribution in [1.29, 1.82) is 0 Å². The third-order valence-electron chi connectivity index (χ3n) is 5.89. The third-order valence-corrected chi connectivity index (χ3v) is 5.89. The number of esters is 2. The van der Waals surface area contributed by atoms with E-state index >= 15 is 0 Å². The molecule has 0 saturated heterocycles. The number of carbonyl (C=O) groups is 2. The Morgan fingerprint density at radius 2 is 2.13 bits per heavy atom. The van der Waals surface area contributed by atoms with Gasteiger partial charge in [0.1, 0.15) is 12.4 Å². The van der Waals surface area contributed by atoms with Crippen LogP contribution in [0.25, 0.3) is 22.3 Å². The largest absolute Gasteiger partial charge is 0.457 e. The summed E-state index contributed by atoms with van der Waals surface area (Å²) in [6, 6.07) is 7.75. The van der Waals surface area contributed by atoms with E-state index in [1.165, 1.54) is 16.7 Å². The van der Waals surface area contributed by atoms with Gasteiger partial charge in [0.15, 0.2) is 0 Å². The van der Waals surface area contributed by atoms with Crippen molar-refractivity contribution in [2.45, 2.75) is 32.1 Å². The van der Waals surface area contributed by atoms with Crippen LogP contribution in [0.3, 0.4) is 0 Å². The molecule has 2 aliphatic heterocycles. The number of nitrogens with zero attached hydrogens (tertiary/aromatic N) is 2. The molecule has 0 amide bonds. The second kappa shape index (κ2) is 6.71. The summed E-state index contributed by atoms with van der Waals surface area (Å²) in [7, 11) is 0. The van der Waals surface area contributed by atoms with Crippen LogP contribution in [0.2, 0.25) is 0 Å². The van der Waals surface area contributed by atoms with Gasteiger partial charge in [-0.05, 0) is 36.8 Å². The van der Waals surface area contributed by atoms with Gasteiger partial charge in [-0.15, -0.1) is 0 Å². The first kappa shape index (κ1) is 19.4. The first-order valence-corrected chi connectivity index (χ1v) is 9.84. The Balaban J connectivity index is 1.76. The summed E-state index contributed by atoms with van der Waals surface area (Å²) in [6.45, 7) is 1.29. The van der Waals surface area contributed by atoms with Crippen molar-refractivity contribution in [3.8, 4) is 11.4 Å². The summed E-state index contributed by atoms with van der Waals surface area (Å²) < 4.78 is 25.8. The normalized spacial score (nSPS) is 18.9. The van der Waals surface area contributed by atoms with Crippen molar-refractivity contribution in [2.75, 3.05) is 6.54 Å². The van der Waals surface area contributed by atoms with Crippen LogP contribution < -0.4 is 11.3 Å². The Bertz CT molecular complexity index is 1350. The molecule has 4 heterocycles.